The van der Waals surface area contributed by atoms with Gasteiger partial charge in [0.25, 0.3) is 0 Å². The largest absolute Gasteiger partial charge is 0.273 e. The van der Waals surface area contributed by atoms with Crippen molar-refractivity contribution >= 4 is 49.3 Å². The topological polar surface area (TPSA) is 92.3 Å². The molecule has 1 saturated heterocycles. The summed E-state index contributed by atoms with van der Waals surface area (Å²) in [6.45, 7) is 1.96. The van der Waals surface area contributed by atoms with Crippen molar-refractivity contribution in [3.8, 4) is 0 Å². The monoisotopic (exact) mass is 434 g/mol. The van der Waals surface area contributed by atoms with Gasteiger partial charge in [-0.05, 0) is 43.0 Å². The molecular weight excluding hydrogens is 416 g/mol. The Morgan fingerprint density at radius 1 is 1.29 bits per heavy atom. The third-order valence-corrected chi connectivity index (χ3v) is 7.14. The summed E-state index contributed by atoms with van der Waals surface area (Å²) < 4.78 is 23.7. The molecule has 1 unspecified atom stereocenters. The Labute approximate surface area is 154 Å². The highest BCUT2D eigenvalue weighted by molar-refractivity contribution is 9.10. The van der Waals surface area contributed by atoms with Gasteiger partial charge in [0, 0.05) is 15.8 Å². The second-order valence-corrected chi connectivity index (χ2v) is 9.93. The number of sulfone groups is 1. The number of rotatable bonds is 5. The van der Waals surface area contributed by atoms with Crippen molar-refractivity contribution < 1.29 is 18.0 Å². The van der Waals surface area contributed by atoms with Crippen LogP contribution >= 0.6 is 27.7 Å². The minimum Gasteiger partial charge on any atom is -0.273 e. The summed E-state index contributed by atoms with van der Waals surface area (Å²) in [6, 6.07) is 5.80. The first-order valence-corrected chi connectivity index (χ1v) is 11.0. The van der Waals surface area contributed by atoms with Crippen molar-refractivity contribution in [2.75, 3.05) is 17.3 Å². The maximum absolute atomic E-state index is 11.8. The summed E-state index contributed by atoms with van der Waals surface area (Å²) in [5, 5.41) is 0. The van der Waals surface area contributed by atoms with Gasteiger partial charge in [-0.1, -0.05) is 15.9 Å². The summed E-state index contributed by atoms with van der Waals surface area (Å²) in [6.07, 6.45) is 0.612. The Bertz CT molecular complexity index is 737. The van der Waals surface area contributed by atoms with E-state index >= 15 is 0 Å². The molecule has 0 bridgehead atoms. The first-order chi connectivity index (χ1) is 11.2. The Morgan fingerprint density at radius 3 is 2.62 bits per heavy atom. The summed E-state index contributed by atoms with van der Waals surface area (Å²) in [5.41, 5.74) is 5.77. The maximum atomic E-state index is 11.8. The lowest BCUT2D eigenvalue weighted by Gasteiger charge is -2.10. The van der Waals surface area contributed by atoms with Crippen molar-refractivity contribution in [1.29, 1.82) is 0 Å². The van der Waals surface area contributed by atoms with Crippen molar-refractivity contribution in [2.45, 2.75) is 24.7 Å². The summed E-state index contributed by atoms with van der Waals surface area (Å²) in [4.78, 5) is 24.5. The number of aryl methyl sites for hydroxylation is 1. The minimum absolute atomic E-state index is 0.0487. The third-order valence-electron chi connectivity index (χ3n) is 3.64. The van der Waals surface area contributed by atoms with Gasteiger partial charge in [0.05, 0.1) is 17.3 Å². The second kappa shape index (κ2) is 8.35. The van der Waals surface area contributed by atoms with E-state index in [0.29, 0.717) is 6.42 Å². The van der Waals surface area contributed by atoms with E-state index in [0.717, 1.165) is 14.9 Å². The number of carbonyl (C=O) groups is 2. The third kappa shape index (κ3) is 6.10. The van der Waals surface area contributed by atoms with Crippen LogP contribution in [0.5, 0.6) is 0 Å². The van der Waals surface area contributed by atoms with E-state index in [2.05, 4.69) is 26.8 Å². The van der Waals surface area contributed by atoms with Crippen molar-refractivity contribution in [3.63, 3.8) is 0 Å². The van der Waals surface area contributed by atoms with Gasteiger partial charge >= 0.3 is 0 Å². The molecule has 0 aromatic heterocycles. The van der Waals surface area contributed by atoms with Gasteiger partial charge in [-0.15, -0.1) is 11.8 Å². The van der Waals surface area contributed by atoms with Gasteiger partial charge in [0.2, 0.25) is 11.8 Å². The lowest BCUT2D eigenvalue weighted by molar-refractivity contribution is -0.128. The van der Waals surface area contributed by atoms with E-state index < -0.39 is 9.84 Å². The Balaban J connectivity index is 1.70. The summed E-state index contributed by atoms with van der Waals surface area (Å²) >= 11 is 4.77. The van der Waals surface area contributed by atoms with E-state index in [-0.39, 0.29) is 41.4 Å². The van der Waals surface area contributed by atoms with Gasteiger partial charge in [0.15, 0.2) is 9.84 Å². The number of nitrogens with one attached hydrogen (secondary N) is 2. The molecular formula is C15H19BrN2O4S2. The molecule has 1 aromatic rings. The number of hydrogen-bond donors (Lipinski definition) is 2. The van der Waals surface area contributed by atoms with Crippen LogP contribution < -0.4 is 10.9 Å². The fraction of sp³-hybridized carbons (Fsp3) is 0.467. The summed E-state index contributed by atoms with van der Waals surface area (Å²) in [5.74, 6) is -0.467. The van der Waals surface area contributed by atoms with Crippen LogP contribution in [0.3, 0.4) is 0 Å². The van der Waals surface area contributed by atoms with E-state index in [1.807, 2.05) is 25.1 Å². The molecule has 24 heavy (non-hydrogen) atoms. The molecule has 2 amide bonds. The molecule has 2 N–H and O–H groups in total. The van der Waals surface area contributed by atoms with E-state index in [9.17, 15) is 18.0 Å². The highest BCUT2D eigenvalue weighted by atomic mass is 79.9. The van der Waals surface area contributed by atoms with Gasteiger partial charge in [-0.3, -0.25) is 20.4 Å². The SMILES string of the molecule is Cc1cc(Br)ccc1SCC(=O)NNC(=O)CC1CCS(=O)(=O)C1. The average Bonchev–Trinajstić information content (AvgIpc) is 2.83. The van der Waals surface area contributed by atoms with Crippen LogP contribution in [-0.2, 0) is 19.4 Å². The standard InChI is InChI=1S/C15H19BrN2O4S2/c1-10-6-12(16)2-3-13(10)23-8-15(20)18-17-14(19)7-11-4-5-24(21,22)9-11/h2-3,6,11H,4-5,7-9H2,1H3,(H,17,19)(H,18,20). The van der Waals surface area contributed by atoms with Crippen molar-refractivity contribution in [3.05, 3.63) is 28.2 Å². The van der Waals surface area contributed by atoms with Gasteiger partial charge < -0.3 is 0 Å². The fourth-order valence-electron chi connectivity index (χ4n) is 2.44. The predicted octanol–water partition coefficient (Wildman–Crippen LogP) is 1.82. The van der Waals surface area contributed by atoms with Crippen LogP contribution in [0.2, 0.25) is 0 Å². The zero-order valence-electron chi connectivity index (χ0n) is 13.2. The summed E-state index contributed by atoms with van der Waals surface area (Å²) in [7, 11) is -2.99. The smallest absolute Gasteiger partial charge is 0.248 e. The van der Waals surface area contributed by atoms with Crippen LogP contribution in [0.1, 0.15) is 18.4 Å². The average molecular weight is 435 g/mol. The molecule has 2 rings (SSSR count). The number of amides is 2. The van der Waals surface area contributed by atoms with Gasteiger partial charge in [-0.2, -0.15) is 0 Å². The minimum atomic E-state index is -2.99. The Hall–Kier alpha value is -1.06. The van der Waals surface area contributed by atoms with Crippen LogP contribution in [0.15, 0.2) is 27.6 Å². The quantitative estimate of drug-likeness (QED) is 0.544. The molecule has 6 nitrogen and oxygen atoms in total. The van der Waals surface area contributed by atoms with Crippen LogP contribution in [0.4, 0.5) is 0 Å². The predicted molar refractivity (Wildman–Crippen MR) is 97.3 cm³/mol. The molecule has 1 aliphatic heterocycles. The first kappa shape index (κ1) is 19.3. The molecule has 1 fully saturated rings. The van der Waals surface area contributed by atoms with Gasteiger partial charge in [-0.25, -0.2) is 8.42 Å². The van der Waals surface area contributed by atoms with Crippen LogP contribution in [0, 0.1) is 12.8 Å². The zero-order chi connectivity index (χ0) is 17.7. The maximum Gasteiger partial charge on any atom is 0.248 e. The molecule has 0 radical (unpaired) electrons. The number of hydrogen-bond acceptors (Lipinski definition) is 5. The molecule has 0 saturated carbocycles. The number of benzene rings is 1. The lowest BCUT2D eigenvalue weighted by Crippen LogP contribution is -2.43. The van der Waals surface area contributed by atoms with E-state index in [1.54, 1.807) is 0 Å². The lowest BCUT2D eigenvalue weighted by atomic mass is 10.1. The molecule has 0 aliphatic carbocycles. The second-order valence-electron chi connectivity index (χ2n) is 5.77. The molecule has 1 aromatic carbocycles. The Kier molecular flexibility index (Phi) is 6.70. The van der Waals surface area contributed by atoms with Crippen LogP contribution in [-0.4, -0.2) is 37.5 Å². The number of hydrazine groups is 1. The highest BCUT2D eigenvalue weighted by Gasteiger charge is 2.29. The Morgan fingerprint density at radius 2 is 2.00 bits per heavy atom. The van der Waals surface area contributed by atoms with Crippen LogP contribution in [0.25, 0.3) is 0 Å². The number of carbonyl (C=O) groups excluding carboxylic acids is 2. The van der Waals surface area contributed by atoms with Gasteiger partial charge in [0.1, 0.15) is 0 Å². The molecule has 1 atom stereocenters. The molecule has 132 valence electrons. The highest BCUT2D eigenvalue weighted by Crippen LogP contribution is 2.25. The van der Waals surface area contributed by atoms with E-state index in [1.165, 1.54) is 11.8 Å². The zero-order valence-corrected chi connectivity index (χ0v) is 16.4. The van der Waals surface area contributed by atoms with Crippen molar-refractivity contribution in [2.24, 2.45) is 5.92 Å². The fourth-order valence-corrected chi connectivity index (χ4v) is 5.59. The first-order valence-electron chi connectivity index (χ1n) is 7.42. The molecule has 1 aliphatic rings. The molecule has 9 heteroatoms. The normalized spacial score (nSPS) is 19.0. The number of thioether (sulfide) groups is 1. The molecule has 1 heterocycles. The molecule has 0 spiro atoms. The van der Waals surface area contributed by atoms with E-state index in [4.69, 9.17) is 0 Å². The number of halogens is 1. The van der Waals surface area contributed by atoms with Crippen molar-refractivity contribution in [1.82, 2.24) is 10.9 Å².